The van der Waals surface area contributed by atoms with E-state index in [1.54, 1.807) is 11.1 Å². The van der Waals surface area contributed by atoms with E-state index in [4.69, 9.17) is 0 Å². The van der Waals surface area contributed by atoms with E-state index in [1.807, 2.05) is 0 Å². The first-order valence-electron chi connectivity index (χ1n) is 10.3. The van der Waals surface area contributed by atoms with Crippen molar-refractivity contribution in [3.8, 4) is 22.4 Å². The van der Waals surface area contributed by atoms with Gasteiger partial charge in [0, 0.05) is 17.2 Å². The molecule has 1 heteroatoms. The first-order valence-corrected chi connectivity index (χ1v) is 10.3. The van der Waals surface area contributed by atoms with Gasteiger partial charge in [0.25, 0.3) is 0 Å². The third-order valence-corrected chi connectivity index (χ3v) is 6.92. The molecule has 1 aromatic heterocycles. The molecule has 2 aromatic carbocycles. The summed E-state index contributed by atoms with van der Waals surface area (Å²) in [7, 11) is 2.17. The van der Waals surface area contributed by atoms with Crippen molar-refractivity contribution in [2.45, 2.75) is 45.4 Å². The Bertz CT molecular complexity index is 1010. The average Bonchev–Trinajstić information content (AvgIpc) is 3.28. The van der Waals surface area contributed by atoms with Crippen LogP contribution in [0.4, 0.5) is 0 Å². The summed E-state index contributed by atoms with van der Waals surface area (Å²) in [5.41, 5.74) is 10.5. The predicted octanol–water partition coefficient (Wildman–Crippen LogP) is 5.81. The van der Waals surface area contributed by atoms with Gasteiger partial charge in [-0.2, -0.15) is 0 Å². The molecule has 0 N–H and O–H groups in total. The Kier molecular flexibility index (Phi) is 3.93. The summed E-state index contributed by atoms with van der Waals surface area (Å²) >= 11 is 0. The second-order valence-electron chi connectivity index (χ2n) is 8.73. The predicted molar refractivity (Wildman–Crippen MR) is 112 cm³/mol. The van der Waals surface area contributed by atoms with Crippen molar-refractivity contribution in [3.63, 3.8) is 0 Å². The zero-order chi connectivity index (χ0) is 18.4. The molecule has 0 aliphatic heterocycles. The number of hydrogen-bond donors (Lipinski definition) is 0. The highest BCUT2D eigenvalue weighted by Crippen LogP contribution is 2.50. The summed E-state index contributed by atoms with van der Waals surface area (Å²) in [6, 6.07) is 20.2. The largest absolute Gasteiger partial charge is 0.212 e. The number of benzene rings is 2. The van der Waals surface area contributed by atoms with E-state index in [2.05, 4.69) is 79.3 Å². The van der Waals surface area contributed by atoms with Gasteiger partial charge in [-0.3, -0.25) is 0 Å². The van der Waals surface area contributed by atoms with E-state index in [0.717, 1.165) is 0 Å². The van der Waals surface area contributed by atoms with Crippen LogP contribution >= 0.6 is 0 Å². The first kappa shape index (κ1) is 16.7. The van der Waals surface area contributed by atoms with Crippen LogP contribution < -0.4 is 4.57 Å². The van der Waals surface area contributed by atoms with Gasteiger partial charge in [-0.25, -0.2) is 4.57 Å². The average molecular weight is 355 g/mol. The van der Waals surface area contributed by atoms with Crippen molar-refractivity contribution in [2.24, 2.45) is 12.5 Å². The molecule has 27 heavy (non-hydrogen) atoms. The van der Waals surface area contributed by atoms with Crippen molar-refractivity contribution >= 4 is 0 Å². The maximum absolute atomic E-state index is 2.37. The topological polar surface area (TPSA) is 3.88 Å². The molecule has 1 spiro atoms. The highest BCUT2D eigenvalue weighted by Gasteiger charge is 2.40. The molecule has 0 saturated heterocycles. The van der Waals surface area contributed by atoms with Gasteiger partial charge in [0.05, 0.1) is 0 Å². The number of fused-ring (bicyclic) bond motifs is 1. The van der Waals surface area contributed by atoms with E-state index in [-0.39, 0.29) is 0 Å². The van der Waals surface area contributed by atoms with E-state index in [9.17, 15) is 0 Å². The normalized spacial score (nSPS) is 17.4. The lowest BCUT2D eigenvalue weighted by Gasteiger charge is -2.21. The van der Waals surface area contributed by atoms with E-state index in [0.29, 0.717) is 5.41 Å². The van der Waals surface area contributed by atoms with Crippen LogP contribution in [0.15, 0.2) is 60.8 Å². The molecule has 136 valence electrons. The molecular weight excluding hydrogens is 326 g/mol. The molecule has 3 aromatic rings. The van der Waals surface area contributed by atoms with Crippen LogP contribution in [0.25, 0.3) is 22.4 Å². The zero-order valence-electron chi connectivity index (χ0n) is 16.5. The van der Waals surface area contributed by atoms with Crippen LogP contribution in [0.3, 0.4) is 0 Å². The standard InChI is InChI=1S/C26H28N/c1-19-8-3-4-10-22(19)25-13-12-21(18-27(25)2)23-11-7-9-20-16-26(17-24(20)23)14-5-6-15-26/h3-4,7-13,18H,5-6,14-17H2,1-2H3/q+1. The molecule has 1 heterocycles. The molecule has 1 nitrogen and oxygen atoms in total. The fourth-order valence-corrected chi connectivity index (χ4v) is 5.51. The molecule has 1 saturated carbocycles. The van der Waals surface area contributed by atoms with Gasteiger partial charge >= 0.3 is 0 Å². The Morgan fingerprint density at radius 1 is 0.815 bits per heavy atom. The smallest absolute Gasteiger partial charge is 0.200 e. The molecule has 2 aliphatic rings. The maximum atomic E-state index is 2.37. The minimum Gasteiger partial charge on any atom is -0.200 e. The van der Waals surface area contributed by atoms with Gasteiger partial charge in [-0.1, -0.05) is 49.2 Å². The van der Waals surface area contributed by atoms with Crippen LogP contribution in [-0.2, 0) is 19.9 Å². The summed E-state index contributed by atoms with van der Waals surface area (Å²) in [6.45, 7) is 2.19. The lowest BCUT2D eigenvalue weighted by Crippen LogP contribution is -2.31. The van der Waals surface area contributed by atoms with Crippen molar-refractivity contribution in [3.05, 3.63) is 77.5 Å². The van der Waals surface area contributed by atoms with Gasteiger partial charge in [0.1, 0.15) is 7.05 Å². The van der Waals surface area contributed by atoms with Crippen LogP contribution in [0.2, 0.25) is 0 Å². The van der Waals surface area contributed by atoms with Crippen LogP contribution in [0.5, 0.6) is 0 Å². The van der Waals surface area contributed by atoms with E-state index < -0.39 is 0 Å². The number of aromatic nitrogens is 1. The first-order chi connectivity index (χ1) is 13.2. The number of nitrogens with zero attached hydrogens (tertiary/aromatic N) is 1. The Morgan fingerprint density at radius 2 is 1.59 bits per heavy atom. The Morgan fingerprint density at radius 3 is 2.37 bits per heavy atom. The van der Waals surface area contributed by atoms with Crippen molar-refractivity contribution < 1.29 is 4.57 Å². The summed E-state index contributed by atoms with van der Waals surface area (Å²) in [4.78, 5) is 0. The number of hydrogen-bond acceptors (Lipinski definition) is 0. The van der Waals surface area contributed by atoms with Crippen LogP contribution in [0.1, 0.15) is 42.4 Å². The minimum absolute atomic E-state index is 0.571. The van der Waals surface area contributed by atoms with Crippen LogP contribution in [-0.4, -0.2) is 0 Å². The quantitative estimate of drug-likeness (QED) is 0.511. The molecule has 0 atom stereocenters. The summed E-state index contributed by atoms with van der Waals surface area (Å²) in [6.07, 6.45) is 10.6. The summed E-state index contributed by atoms with van der Waals surface area (Å²) < 4.78 is 2.29. The molecule has 1 fully saturated rings. The van der Waals surface area contributed by atoms with Gasteiger partial charge in [-0.05, 0) is 72.4 Å². The third kappa shape index (κ3) is 2.81. The van der Waals surface area contributed by atoms with Crippen molar-refractivity contribution in [2.75, 3.05) is 0 Å². The SMILES string of the molecule is Cc1ccccc1-c1ccc(-c2cccc3c2CC2(CCCC2)C3)c[n+]1C. The van der Waals surface area contributed by atoms with Gasteiger partial charge in [0.2, 0.25) is 5.69 Å². The molecule has 0 radical (unpaired) electrons. The Balaban J connectivity index is 1.55. The second-order valence-corrected chi connectivity index (χ2v) is 8.73. The van der Waals surface area contributed by atoms with Gasteiger partial charge < -0.3 is 0 Å². The van der Waals surface area contributed by atoms with E-state index in [1.165, 1.54) is 66.5 Å². The Labute approximate surface area is 162 Å². The summed E-state index contributed by atoms with van der Waals surface area (Å²) in [5, 5.41) is 0. The molecule has 0 amide bonds. The fraction of sp³-hybridized carbons (Fsp3) is 0.346. The second kappa shape index (κ2) is 6.34. The minimum atomic E-state index is 0.571. The molecule has 0 unspecified atom stereocenters. The molecule has 5 rings (SSSR count). The lowest BCUT2D eigenvalue weighted by atomic mass is 9.83. The fourth-order valence-electron chi connectivity index (χ4n) is 5.51. The van der Waals surface area contributed by atoms with Gasteiger partial charge in [-0.15, -0.1) is 0 Å². The van der Waals surface area contributed by atoms with Crippen LogP contribution in [0, 0.1) is 12.3 Å². The Hall–Kier alpha value is -2.41. The maximum Gasteiger partial charge on any atom is 0.212 e. The number of pyridine rings is 1. The van der Waals surface area contributed by atoms with Gasteiger partial charge in [0.15, 0.2) is 6.20 Å². The zero-order valence-corrected chi connectivity index (χ0v) is 16.5. The molecule has 0 bridgehead atoms. The molecule has 2 aliphatic carbocycles. The van der Waals surface area contributed by atoms with Crippen molar-refractivity contribution in [1.29, 1.82) is 0 Å². The summed E-state index contributed by atoms with van der Waals surface area (Å²) in [5.74, 6) is 0. The highest BCUT2D eigenvalue weighted by atomic mass is 14.9. The number of rotatable bonds is 2. The monoisotopic (exact) mass is 354 g/mol. The lowest BCUT2D eigenvalue weighted by molar-refractivity contribution is -0.659. The van der Waals surface area contributed by atoms with Crippen molar-refractivity contribution in [1.82, 2.24) is 0 Å². The number of aryl methyl sites for hydroxylation is 2. The highest BCUT2D eigenvalue weighted by molar-refractivity contribution is 5.70. The third-order valence-electron chi connectivity index (χ3n) is 6.92. The molecular formula is C26H28N+. The van der Waals surface area contributed by atoms with E-state index >= 15 is 0 Å².